The van der Waals surface area contributed by atoms with Crippen LogP contribution in [0.5, 0.6) is 0 Å². The lowest BCUT2D eigenvalue weighted by Gasteiger charge is -2.23. The van der Waals surface area contributed by atoms with Crippen LogP contribution in [0.25, 0.3) is 0 Å². The molecule has 1 aromatic rings. The second-order valence-electron chi connectivity index (χ2n) is 4.17. The van der Waals surface area contributed by atoms with Crippen molar-refractivity contribution >= 4 is 0 Å². The van der Waals surface area contributed by atoms with Gasteiger partial charge in [0.05, 0.1) is 37.0 Å². The topological polar surface area (TPSA) is 85.5 Å². The van der Waals surface area contributed by atoms with Crippen molar-refractivity contribution in [2.24, 2.45) is 0 Å². The number of nitrogens with one attached hydrogen (secondary N) is 1. The van der Waals surface area contributed by atoms with E-state index in [-0.39, 0.29) is 19.8 Å². The maximum Gasteiger partial charge on any atom is 0.135 e. The van der Waals surface area contributed by atoms with E-state index in [9.17, 15) is 10.2 Å². The standard InChI is InChI=1S/C12H14N2O3/c13-5-9-2-1-3-10(4-9)11-14-12(6-15,7-16)8-17-11/h1-4,11,14-16H,6-8H2. The second-order valence-corrected chi connectivity index (χ2v) is 4.17. The molecule has 17 heavy (non-hydrogen) atoms. The van der Waals surface area contributed by atoms with Gasteiger partial charge in [-0.25, -0.2) is 0 Å². The Labute approximate surface area is 99.3 Å². The third-order valence-corrected chi connectivity index (χ3v) is 2.89. The normalized spacial score (nSPS) is 22.3. The Kier molecular flexibility index (Phi) is 3.41. The van der Waals surface area contributed by atoms with Gasteiger partial charge in [-0.1, -0.05) is 12.1 Å². The summed E-state index contributed by atoms with van der Waals surface area (Å²) < 4.78 is 5.50. The van der Waals surface area contributed by atoms with E-state index in [1.54, 1.807) is 18.2 Å². The second kappa shape index (κ2) is 4.82. The Morgan fingerprint density at radius 2 is 2.24 bits per heavy atom. The molecular weight excluding hydrogens is 220 g/mol. The van der Waals surface area contributed by atoms with Gasteiger partial charge >= 0.3 is 0 Å². The first-order valence-corrected chi connectivity index (χ1v) is 5.34. The van der Waals surface area contributed by atoms with Crippen LogP contribution in [0.2, 0.25) is 0 Å². The van der Waals surface area contributed by atoms with Gasteiger partial charge < -0.3 is 14.9 Å². The average molecular weight is 234 g/mol. The van der Waals surface area contributed by atoms with E-state index in [1.165, 1.54) is 0 Å². The predicted octanol–water partition coefficient (Wildman–Crippen LogP) is -0.0999. The minimum absolute atomic E-state index is 0.196. The zero-order chi connectivity index (χ0) is 12.3. The van der Waals surface area contributed by atoms with Gasteiger partial charge in [0.1, 0.15) is 6.23 Å². The van der Waals surface area contributed by atoms with E-state index >= 15 is 0 Å². The van der Waals surface area contributed by atoms with E-state index in [1.807, 2.05) is 6.07 Å². The highest BCUT2D eigenvalue weighted by Crippen LogP contribution is 2.26. The van der Waals surface area contributed by atoms with Crippen molar-refractivity contribution in [2.75, 3.05) is 19.8 Å². The van der Waals surface area contributed by atoms with Gasteiger partial charge in [0.15, 0.2) is 0 Å². The molecule has 1 fully saturated rings. The summed E-state index contributed by atoms with van der Waals surface area (Å²) in [7, 11) is 0. The van der Waals surface area contributed by atoms with Crippen LogP contribution in [0, 0.1) is 11.3 Å². The molecule has 1 aromatic carbocycles. The van der Waals surface area contributed by atoms with Crippen molar-refractivity contribution in [3.63, 3.8) is 0 Å². The SMILES string of the molecule is N#Cc1cccc(C2NC(CO)(CO)CO2)c1. The molecule has 1 aliphatic heterocycles. The number of hydrogen-bond donors (Lipinski definition) is 3. The van der Waals surface area contributed by atoms with Crippen LogP contribution >= 0.6 is 0 Å². The molecule has 0 aliphatic carbocycles. The molecule has 90 valence electrons. The summed E-state index contributed by atoms with van der Waals surface area (Å²) in [5.74, 6) is 0. The van der Waals surface area contributed by atoms with Crippen LogP contribution < -0.4 is 5.32 Å². The van der Waals surface area contributed by atoms with Crippen molar-refractivity contribution < 1.29 is 14.9 Å². The summed E-state index contributed by atoms with van der Waals surface area (Å²) >= 11 is 0. The summed E-state index contributed by atoms with van der Waals surface area (Å²) in [4.78, 5) is 0. The molecule has 0 spiro atoms. The number of ether oxygens (including phenoxy) is 1. The van der Waals surface area contributed by atoms with Crippen molar-refractivity contribution in [3.8, 4) is 6.07 Å². The number of aliphatic hydroxyl groups is 2. The summed E-state index contributed by atoms with van der Waals surface area (Å²) in [5, 5.41) is 30.3. The summed E-state index contributed by atoms with van der Waals surface area (Å²) in [6.45, 7) is -0.155. The fraction of sp³-hybridized carbons (Fsp3) is 0.417. The van der Waals surface area contributed by atoms with E-state index in [4.69, 9.17) is 10.00 Å². The fourth-order valence-corrected chi connectivity index (χ4v) is 1.79. The molecule has 1 heterocycles. The van der Waals surface area contributed by atoms with Crippen LogP contribution in [-0.4, -0.2) is 35.6 Å². The minimum atomic E-state index is -0.798. The Morgan fingerprint density at radius 1 is 1.47 bits per heavy atom. The molecule has 3 N–H and O–H groups in total. The third-order valence-electron chi connectivity index (χ3n) is 2.89. The summed E-state index contributed by atoms with van der Waals surface area (Å²) in [6.07, 6.45) is -0.400. The summed E-state index contributed by atoms with van der Waals surface area (Å²) in [6, 6.07) is 9.11. The van der Waals surface area contributed by atoms with Gasteiger partial charge in [0.2, 0.25) is 0 Å². The van der Waals surface area contributed by atoms with Crippen molar-refractivity contribution in [1.82, 2.24) is 5.32 Å². The van der Waals surface area contributed by atoms with Crippen LogP contribution in [0.4, 0.5) is 0 Å². The van der Waals surface area contributed by atoms with Gasteiger partial charge in [-0.05, 0) is 17.7 Å². The van der Waals surface area contributed by atoms with Crippen LogP contribution in [0.15, 0.2) is 24.3 Å². The lowest BCUT2D eigenvalue weighted by atomic mass is 10.0. The molecule has 1 aliphatic rings. The number of nitrogens with zero attached hydrogens (tertiary/aromatic N) is 1. The molecule has 0 saturated carbocycles. The maximum absolute atomic E-state index is 9.23. The fourth-order valence-electron chi connectivity index (χ4n) is 1.79. The first kappa shape index (κ1) is 12.0. The van der Waals surface area contributed by atoms with Crippen molar-refractivity contribution in [2.45, 2.75) is 11.8 Å². The van der Waals surface area contributed by atoms with Gasteiger partial charge in [0, 0.05) is 0 Å². The van der Waals surface area contributed by atoms with Crippen molar-refractivity contribution in [3.05, 3.63) is 35.4 Å². The van der Waals surface area contributed by atoms with E-state index in [0.29, 0.717) is 5.56 Å². The third kappa shape index (κ3) is 2.30. The molecule has 5 heteroatoms. The number of nitriles is 1. The van der Waals surface area contributed by atoms with Crippen LogP contribution in [-0.2, 0) is 4.74 Å². The van der Waals surface area contributed by atoms with Crippen LogP contribution in [0.3, 0.4) is 0 Å². The Balaban J connectivity index is 2.18. The smallest absolute Gasteiger partial charge is 0.135 e. The Hall–Kier alpha value is -1.45. The van der Waals surface area contributed by atoms with E-state index in [0.717, 1.165) is 5.56 Å². The lowest BCUT2D eigenvalue weighted by Crippen LogP contribution is -2.49. The molecule has 5 nitrogen and oxygen atoms in total. The van der Waals surface area contributed by atoms with Crippen molar-refractivity contribution in [1.29, 1.82) is 5.26 Å². The molecule has 0 aromatic heterocycles. The number of benzene rings is 1. The van der Waals surface area contributed by atoms with Gasteiger partial charge in [-0.15, -0.1) is 0 Å². The number of aliphatic hydroxyl groups excluding tert-OH is 2. The predicted molar refractivity (Wildman–Crippen MR) is 59.9 cm³/mol. The molecule has 2 rings (SSSR count). The van der Waals surface area contributed by atoms with Gasteiger partial charge in [-0.3, -0.25) is 5.32 Å². The first-order valence-electron chi connectivity index (χ1n) is 5.34. The van der Waals surface area contributed by atoms with Gasteiger partial charge in [-0.2, -0.15) is 5.26 Å². The molecule has 1 unspecified atom stereocenters. The van der Waals surface area contributed by atoms with Crippen LogP contribution in [0.1, 0.15) is 17.4 Å². The van der Waals surface area contributed by atoms with Gasteiger partial charge in [0.25, 0.3) is 0 Å². The Bertz CT molecular complexity index is 438. The molecule has 1 saturated heterocycles. The number of rotatable bonds is 3. The largest absolute Gasteiger partial charge is 0.394 e. The Morgan fingerprint density at radius 3 is 2.82 bits per heavy atom. The highest BCUT2D eigenvalue weighted by molar-refractivity contribution is 5.34. The molecule has 1 atom stereocenters. The van der Waals surface area contributed by atoms with E-state index < -0.39 is 11.8 Å². The summed E-state index contributed by atoms with van der Waals surface area (Å²) in [5.41, 5.74) is 0.569. The molecule has 0 amide bonds. The highest BCUT2D eigenvalue weighted by Gasteiger charge is 2.39. The highest BCUT2D eigenvalue weighted by atomic mass is 16.5. The molecule has 0 radical (unpaired) electrons. The zero-order valence-corrected chi connectivity index (χ0v) is 9.26. The van der Waals surface area contributed by atoms with E-state index in [2.05, 4.69) is 11.4 Å². The minimum Gasteiger partial charge on any atom is -0.394 e. The quantitative estimate of drug-likeness (QED) is 0.680. The maximum atomic E-state index is 9.23. The number of hydrogen-bond acceptors (Lipinski definition) is 5. The molecule has 0 bridgehead atoms. The average Bonchev–Trinajstić information content (AvgIpc) is 2.84. The zero-order valence-electron chi connectivity index (χ0n) is 9.26. The lowest BCUT2D eigenvalue weighted by molar-refractivity contribution is 0.0760. The molecular formula is C12H14N2O3. The first-order chi connectivity index (χ1) is 8.23. The monoisotopic (exact) mass is 234 g/mol.